The predicted octanol–water partition coefficient (Wildman–Crippen LogP) is 6.53. The third kappa shape index (κ3) is 7.03. The van der Waals surface area contributed by atoms with Gasteiger partial charge in [-0.05, 0) is 42.3 Å². The lowest BCUT2D eigenvalue weighted by Gasteiger charge is -2.28. The minimum Gasteiger partial charge on any atom is -0.508 e. The van der Waals surface area contributed by atoms with E-state index in [2.05, 4.69) is 10.3 Å². The lowest BCUT2D eigenvalue weighted by atomic mass is 9.92. The number of aromatic nitrogens is 1. The molecular formula is C25H27F5N2O3. The van der Waals surface area contributed by atoms with Crippen molar-refractivity contribution in [3.05, 3.63) is 76.8 Å². The molecule has 0 aliphatic heterocycles. The summed E-state index contributed by atoms with van der Waals surface area (Å²) in [6.45, 7) is 7.50. The van der Waals surface area contributed by atoms with E-state index in [9.17, 15) is 31.9 Å². The van der Waals surface area contributed by atoms with Crippen LogP contribution in [0.3, 0.4) is 0 Å². The number of allylic oxidation sites excluding steroid dienone is 1. The van der Waals surface area contributed by atoms with Crippen molar-refractivity contribution in [2.75, 3.05) is 0 Å². The molecule has 0 bridgehead atoms. The second-order valence-electron chi connectivity index (χ2n) is 7.70. The summed E-state index contributed by atoms with van der Waals surface area (Å²) in [7, 11) is 0. The molecule has 0 fully saturated rings. The highest BCUT2D eigenvalue weighted by Gasteiger charge is 2.43. The largest absolute Gasteiger partial charge is 0.508 e. The van der Waals surface area contributed by atoms with Crippen LogP contribution in [0.1, 0.15) is 56.1 Å². The van der Waals surface area contributed by atoms with E-state index in [1.807, 2.05) is 13.8 Å². The first-order valence-corrected chi connectivity index (χ1v) is 11.0. The third-order valence-electron chi connectivity index (χ3n) is 4.97. The summed E-state index contributed by atoms with van der Waals surface area (Å²) < 4.78 is 74.6. The van der Waals surface area contributed by atoms with Crippen molar-refractivity contribution in [2.45, 2.75) is 58.7 Å². The van der Waals surface area contributed by atoms with Crippen molar-refractivity contribution in [3.8, 4) is 11.5 Å². The number of hydrogen-bond donors (Lipinski definition) is 2. The Labute approximate surface area is 200 Å². The van der Waals surface area contributed by atoms with E-state index >= 15 is 0 Å². The van der Waals surface area contributed by atoms with Gasteiger partial charge in [-0.25, -0.2) is 8.78 Å². The maximum atomic E-state index is 13.9. The molecule has 0 spiro atoms. The number of aromatic hydroxyl groups is 1. The number of nitrogens with one attached hydrogen (secondary N) is 1. The number of phenolic OH excluding ortho intramolecular Hbond substituents is 1. The fourth-order valence-electron chi connectivity index (χ4n) is 3.38. The van der Waals surface area contributed by atoms with Crippen molar-refractivity contribution < 1.29 is 36.6 Å². The minimum absolute atomic E-state index is 0.0607. The molecule has 1 aromatic carbocycles. The number of carbonyl (C=O) groups is 1. The fraction of sp³-hybridized carbons (Fsp3) is 0.360. The quantitative estimate of drug-likeness (QED) is 0.445. The normalized spacial score (nSPS) is 16.0. The topological polar surface area (TPSA) is 71.5 Å². The SMILES string of the molecule is CC.CC(C)c1cc(OC2=C(C(F)(F)F)CC(NC(=O)c3ccccn3)C=C2C(F)F)ccc1O. The number of pyridine rings is 1. The molecule has 3 rings (SSSR count). The molecule has 10 heteroatoms. The highest BCUT2D eigenvalue weighted by atomic mass is 19.4. The maximum absolute atomic E-state index is 13.9. The Morgan fingerprint density at radius 1 is 1.17 bits per heavy atom. The number of phenols is 1. The van der Waals surface area contributed by atoms with Gasteiger partial charge in [-0.3, -0.25) is 9.78 Å². The number of carbonyl (C=O) groups excluding carboxylic acids is 1. The molecule has 190 valence electrons. The van der Waals surface area contributed by atoms with Crippen molar-refractivity contribution in [1.29, 1.82) is 0 Å². The number of ether oxygens (including phenoxy) is 1. The first-order valence-electron chi connectivity index (χ1n) is 11.0. The van der Waals surface area contributed by atoms with Gasteiger partial charge in [0.2, 0.25) is 0 Å². The number of nitrogens with zero attached hydrogens (tertiary/aromatic N) is 1. The van der Waals surface area contributed by atoms with Crippen LogP contribution >= 0.6 is 0 Å². The second kappa shape index (κ2) is 11.8. The van der Waals surface area contributed by atoms with Gasteiger partial charge in [0, 0.05) is 18.2 Å². The minimum atomic E-state index is -4.99. The third-order valence-corrected chi connectivity index (χ3v) is 4.97. The van der Waals surface area contributed by atoms with E-state index < -0.39 is 47.9 Å². The van der Waals surface area contributed by atoms with Crippen molar-refractivity contribution >= 4 is 5.91 Å². The van der Waals surface area contributed by atoms with Gasteiger partial charge in [0.15, 0.2) is 0 Å². The average Bonchev–Trinajstić information content (AvgIpc) is 2.81. The molecule has 0 saturated heterocycles. The molecule has 5 nitrogen and oxygen atoms in total. The summed E-state index contributed by atoms with van der Waals surface area (Å²) in [6.07, 6.45) is -6.90. The van der Waals surface area contributed by atoms with E-state index in [0.717, 1.165) is 6.08 Å². The van der Waals surface area contributed by atoms with Crippen LogP contribution in [0.25, 0.3) is 0 Å². The molecule has 1 aliphatic rings. The molecule has 1 heterocycles. The Balaban J connectivity index is 0.00000210. The van der Waals surface area contributed by atoms with Gasteiger partial charge in [-0.1, -0.05) is 33.8 Å². The number of halogens is 5. The number of rotatable bonds is 6. The molecular weight excluding hydrogens is 471 g/mol. The van der Waals surface area contributed by atoms with E-state index in [1.54, 1.807) is 19.9 Å². The number of alkyl halides is 5. The van der Waals surface area contributed by atoms with Crippen LogP contribution in [0.15, 0.2) is 65.6 Å². The molecule has 0 radical (unpaired) electrons. The molecule has 1 unspecified atom stereocenters. The summed E-state index contributed by atoms with van der Waals surface area (Å²) in [5.41, 5.74) is -1.99. The maximum Gasteiger partial charge on any atom is 0.416 e. The van der Waals surface area contributed by atoms with Gasteiger partial charge in [0.1, 0.15) is 23.0 Å². The Bertz CT molecular complexity index is 1080. The van der Waals surface area contributed by atoms with Crippen LogP contribution in [-0.2, 0) is 0 Å². The second-order valence-corrected chi connectivity index (χ2v) is 7.70. The van der Waals surface area contributed by atoms with Crippen LogP contribution in [-0.4, -0.2) is 34.6 Å². The fourth-order valence-corrected chi connectivity index (χ4v) is 3.38. The van der Waals surface area contributed by atoms with Gasteiger partial charge in [-0.15, -0.1) is 0 Å². The van der Waals surface area contributed by atoms with Crippen molar-refractivity contribution in [1.82, 2.24) is 10.3 Å². The summed E-state index contributed by atoms with van der Waals surface area (Å²) >= 11 is 0. The first kappa shape index (κ1) is 27.8. The molecule has 1 aromatic heterocycles. The zero-order chi connectivity index (χ0) is 26.3. The number of benzene rings is 1. The molecule has 2 aromatic rings. The number of hydrogen-bond acceptors (Lipinski definition) is 4. The van der Waals surface area contributed by atoms with Crippen molar-refractivity contribution in [3.63, 3.8) is 0 Å². The predicted molar refractivity (Wildman–Crippen MR) is 121 cm³/mol. The van der Waals surface area contributed by atoms with Crippen LogP contribution in [0.2, 0.25) is 0 Å². The van der Waals surface area contributed by atoms with Crippen LogP contribution < -0.4 is 10.1 Å². The summed E-state index contributed by atoms with van der Waals surface area (Å²) in [5, 5.41) is 12.2. The zero-order valence-corrected chi connectivity index (χ0v) is 19.7. The Morgan fingerprint density at radius 3 is 2.40 bits per heavy atom. The monoisotopic (exact) mass is 498 g/mol. The number of amides is 1. The standard InChI is InChI=1S/C23H21F5N2O3.C2H6/c1-12(2)15-11-14(6-7-19(15)31)33-20-16(21(24)25)9-13(10-17(20)23(26,27)28)30-22(32)18-5-3-4-8-29-18;1-2/h3-9,11-13,21,31H,10H2,1-2H3,(H,30,32);1-2H3. The molecule has 0 saturated carbocycles. The van der Waals surface area contributed by atoms with Gasteiger partial charge in [0.05, 0.1) is 17.2 Å². The lowest BCUT2D eigenvalue weighted by Crippen LogP contribution is -2.39. The Hall–Kier alpha value is -3.43. The van der Waals surface area contributed by atoms with E-state index in [4.69, 9.17) is 4.74 Å². The zero-order valence-electron chi connectivity index (χ0n) is 19.7. The molecule has 35 heavy (non-hydrogen) atoms. The molecule has 1 aliphatic carbocycles. The Kier molecular flexibility index (Phi) is 9.39. The summed E-state index contributed by atoms with van der Waals surface area (Å²) in [6, 6.07) is 6.79. The van der Waals surface area contributed by atoms with Gasteiger partial charge in [-0.2, -0.15) is 13.2 Å². The summed E-state index contributed by atoms with van der Waals surface area (Å²) in [4.78, 5) is 16.1. The van der Waals surface area contributed by atoms with Crippen LogP contribution in [0.5, 0.6) is 11.5 Å². The average molecular weight is 498 g/mol. The van der Waals surface area contributed by atoms with Crippen molar-refractivity contribution in [2.24, 2.45) is 0 Å². The van der Waals surface area contributed by atoms with E-state index in [-0.39, 0.29) is 23.1 Å². The van der Waals surface area contributed by atoms with E-state index in [0.29, 0.717) is 5.56 Å². The Morgan fingerprint density at radius 2 is 1.86 bits per heavy atom. The molecule has 1 amide bonds. The van der Waals surface area contributed by atoms with Gasteiger partial charge >= 0.3 is 6.18 Å². The highest BCUT2D eigenvalue weighted by molar-refractivity contribution is 5.92. The van der Waals surface area contributed by atoms with Crippen LogP contribution in [0.4, 0.5) is 22.0 Å². The van der Waals surface area contributed by atoms with Gasteiger partial charge < -0.3 is 15.2 Å². The smallest absolute Gasteiger partial charge is 0.416 e. The molecule has 2 N–H and O–H groups in total. The van der Waals surface area contributed by atoms with E-state index in [1.165, 1.54) is 36.5 Å². The van der Waals surface area contributed by atoms with Crippen LogP contribution in [0, 0.1) is 0 Å². The molecule has 1 atom stereocenters. The van der Waals surface area contributed by atoms with Gasteiger partial charge in [0.25, 0.3) is 12.3 Å². The summed E-state index contributed by atoms with van der Waals surface area (Å²) in [5.74, 6) is -2.21. The highest BCUT2D eigenvalue weighted by Crippen LogP contribution is 2.41. The lowest BCUT2D eigenvalue weighted by molar-refractivity contribution is -0.0973. The first-order chi connectivity index (χ1) is 16.5.